The highest BCUT2D eigenvalue weighted by molar-refractivity contribution is 7.98. The van der Waals surface area contributed by atoms with E-state index in [1.165, 1.54) is 11.8 Å². The first-order valence-electron chi connectivity index (χ1n) is 10.3. The third-order valence-corrected chi connectivity index (χ3v) is 6.46. The Balaban J connectivity index is 1.67. The SMILES string of the molecule is COc1ccc(C=O)cc1CSc1nnc2n(-c3ccc(C)cc3)c(=O)c3ccccc3n12. The van der Waals surface area contributed by atoms with E-state index in [0.29, 0.717) is 33.4 Å². The van der Waals surface area contributed by atoms with Crippen molar-refractivity contribution in [2.45, 2.75) is 17.8 Å². The quantitative estimate of drug-likeness (QED) is 0.277. The molecule has 2 heterocycles. The molecule has 164 valence electrons. The van der Waals surface area contributed by atoms with Crippen LogP contribution in [0.3, 0.4) is 0 Å². The predicted molar refractivity (Wildman–Crippen MR) is 129 cm³/mol. The predicted octanol–water partition coefficient (Wildman–Crippen LogP) is 4.46. The first kappa shape index (κ1) is 21.0. The van der Waals surface area contributed by atoms with Gasteiger partial charge in [-0.05, 0) is 49.4 Å². The van der Waals surface area contributed by atoms with Crippen LogP contribution in [-0.4, -0.2) is 32.6 Å². The van der Waals surface area contributed by atoms with Gasteiger partial charge in [-0.1, -0.05) is 41.6 Å². The topological polar surface area (TPSA) is 78.5 Å². The maximum absolute atomic E-state index is 13.4. The number of aldehydes is 1. The number of rotatable bonds is 6. The number of thioether (sulfide) groups is 1. The van der Waals surface area contributed by atoms with Crippen LogP contribution in [0.15, 0.2) is 76.7 Å². The molecular weight excluding hydrogens is 436 g/mol. The summed E-state index contributed by atoms with van der Waals surface area (Å²) in [5.74, 6) is 1.66. The number of ether oxygens (including phenoxy) is 1. The lowest BCUT2D eigenvalue weighted by Gasteiger charge is -2.12. The Labute approximate surface area is 193 Å². The van der Waals surface area contributed by atoms with Gasteiger partial charge in [-0.25, -0.2) is 4.57 Å². The third-order valence-electron chi connectivity index (χ3n) is 5.48. The van der Waals surface area contributed by atoms with Gasteiger partial charge >= 0.3 is 0 Å². The maximum Gasteiger partial charge on any atom is 0.267 e. The highest BCUT2D eigenvalue weighted by Crippen LogP contribution is 2.29. The van der Waals surface area contributed by atoms with Crippen molar-refractivity contribution in [1.82, 2.24) is 19.2 Å². The fourth-order valence-electron chi connectivity index (χ4n) is 3.83. The van der Waals surface area contributed by atoms with Crippen LogP contribution in [0.1, 0.15) is 21.5 Å². The van der Waals surface area contributed by atoms with Gasteiger partial charge in [0.2, 0.25) is 5.78 Å². The number of carbonyl (C=O) groups is 1. The molecule has 33 heavy (non-hydrogen) atoms. The van der Waals surface area contributed by atoms with E-state index in [-0.39, 0.29) is 5.56 Å². The molecule has 5 aromatic rings. The van der Waals surface area contributed by atoms with Crippen molar-refractivity contribution in [3.8, 4) is 11.4 Å². The van der Waals surface area contributed by atoms with E-state index >= 15 is 0 Å². The maximum atomic E-state index is 13.4. The monoisotopic (exact) mass is 456 g/mol. The van der Waals surface area contributed by atoms with Gasteiger partial charge in [0.25, 0.3) is 5.56 Å². The summed E-state index contributed by atoms with van der Waals surface area (Å²) in [5, 5.41) is 10.0. The van der Waals surface area contributed by atoms with Crippen molar-refractivity contribution >= 4 is 34.7 Å². The Morgan fingerprint density at radius 1 is 1.03 bits per heavy atom. The van der Waals surface area contributed by atoms with E-state index in [1.54, 1.807) is 23.8 Å². The summed E-state index contributed by atoms with van der Waals surface area (Å²) < 4.78 is 8.95. The normalized spacial score (nSPS) is 11.2. The van der Waals surface area contributed by atoms with Crippen molar-refractivity contribution in [3.63, 3.8) is 0 Å². The molecule has 0 aliphatic heterocycles. The summed E-state index contributed by atoms with van der Waals surface area (Å²) in [6.45, 7) is 2.00. The third kappa shape index (κ3) is 3.68. The summed E-state index contributed by atoms with van der Waals surface area (Å²) in [5.41, 5.74) is 3.88. The molecule has 0 atom stereocenters. The zero-order chi connectivity index (χ0) is 22.9. The molecule has 0 radical (unpaired) electrons. The minimum absolute atomic E-state index is 0.147. The number of hydrogen-bond donors (Lipinski definition) is 0. The van der Waals surface area contributed by atoms with Gasteiger partial charge in [-0.15, -0.1) is 10.2 Å². The Kier molecular flexibility index (Phi) is 5.43. The molecule has 0 saturated carbocycles. The summed E-state index contributed by atoms with van der Waals surface area (Å²) in [6.07, 6.45) is 0.813. The van der Waals surface area contributed by atoms with Crippen molar-refractivity contribution in [2.24, 2.45) is 0 Å². The van der Waals surface area contributed by atoms with Gasteiger partial charge < -0.3 is 4.74 Å². The Hall–Kier alpha value is -3.91. The number of hydrogen-bond acceptors (Lipinski definition) is 6. The minimum Gasteiger partial charge on any atom is -0.496 e. The number of aromatic nitrogens is 4. The lowest BCUT2D eigenvalue weighted by molar-refractivity contribution is 0.112. The number of methoxy groups -OCH3 is 1. The number of para-hydroxylation sites is 1. The number of aryl methyl sites for hydroxylation is 1. The fourth-order valence-corrected chi connectivity index (χ4v) is 4.74. The molecule has 0 aliphatic rings. The standard InChI is InChI=1S/C25H20N4O3S/c1-16-7-10-19(11-8-16)28-23(31)20-5-3-4-6-21(20)29-24(28)26-27-25(29)33-15-18-13-17(14-30)9-12-22(18)32-2/h3-14H,15H2,1-2H3. The summed E-state index contributed by atoms with van der Waals surface area (Å²) in [4.78, 5) is 24.6. The Morgan fingerprint density at radius 2 is 1.82 bits per heavy atom. The molecule has 0 N–H and O–H groups in total. The minimum atomic E-state index is -0.147. The lowest BCUT2D eigenvalue weighted by atomic mass is 10.1. The van der Waals surface area contributed by atoms with Crippen LogP contribution >= 0.6 is 11.8 Å². The van der Waals surface area contributed by atoms with E-state index in [0.717, 1.165) is 28.6 Å². The van der Waals surface area contributed by atoms with Crippen LogP contribution in [0.5, 0.6) is 5.75 Å². The number of benzene rings is 3. The average Bonchev–Trinajstić information content (AvgIpc) is 3.27. The van der Waals surface area contributed by atoms with Crippen molar-refractivity contribution in [1.29, 1.82) is 0 Å². The number of carbonyl (C=O) groups excluding carboxylic acids is 1. The smallest absolute Gasteiger partial charge is 0.267 e. The van der Waals surface area contributed by atoms with Crippen molar-refractivity contribution < 1.29 is 9.53 Å². The molecule has 8 heteroatoms. The molecule has 0 fully saturated rings. The Morgan fingerprint density at radius 3 is 2.58 bits per heavy atom. The molecule has 2 aromatic heterocycles. The van der Waals surface area contributed by atoms with E-state index < -0.39 is 0 Å². The molecule has 5 rings (SSSR count). The van der Waals surface area contributed by atoms with E-state index in [1.807, 2.05) is 65.9 Å². The first-order valence-corrected chi connectivity index (χ1v) is 11.3. The number of nitrogens with zero attached hydrogens (tertiary/aromatic N) is 4. The fraction of sp³-hybridized carbons (Fsp3) is 0.120. The second kappa shape index (κ2) is 8.55. The molecule has 0 spiro atoms. The van der Waals surface area contributed by atoms with Crippen LogP contribution in [0, 0.1) is 6.92 Å². The van der Waals surface area contributed by atoms with Crippen LogP contribution in [-0.2, 0) is 5.75 Å². The molecular formula is C25H20N4O3S. The van der Waals surface area contributed by atoms with Crippen LogP contribution in [0.4, 0.5) is 0 Å². The largest absolute Gasteiger partial charge is 0.496 e. The average molecular weight is 457 g/mol. The van der Waals surface area contributed by atoms with Gasteiger partial charge in [0.05, 0.1) is 23.7 Å². The molecule has 7 nitrogen and oxygen atoms in total. The molecule has 0 saturated heterocycles. The molecule has 0 amide bonds. The zero-order valence-corrected chi connectivity index (χ0v) is 18.9. The molecule has 0 aliphatic carbocycles. The molecule has 3 aromatic carbocycles. The van der Waals surface area contributed by atoms with E-state index in [9.17, 15) is 9.59 Å². The zero-order valence-electron chi connectivity index (χ0n) is 18.1. The van der Waals surface area contributed by atoms with Gasteiger partial charge in [-0.3, -0.25) is 14.0 Å². The van der Waals surface area contributed by atoms with Gasteiger partial charge in [0.1, 0.15) is 12.0 Å². The van der Waals surface area contributed by atoms with Gasteiger partial charge in [0.15, 0.2) is 5.16 Å². The van der Waals surface area contributed by atoms with Crippen LogP contribution in [0.25, 0.3) is 22.4 Å². The molecule has 0 unspecified atom stereocenters. The summed E-state index contributed by atoms with van der Waals surface area (Å²) in [6, 6.07) is 20.5. The van der Waals surface area contributed by atoms with Crippen molar-refractivity contribution in [2.75, 3.05) is 7.11 Å². The lowest BCUT2D eigenvalue weighted by Crippen LogP contribution is -2.21. The van der Waals surface area contributed by atoms with Crippen LogP contribution < -0.4 is 10.3 Å². The van der Waals surface area contributed by atoms with Gasteiger partial charge in [-0.2, -0.15) is 0 Å². The first-order chi connectivity index (χ1) is 16.1. The second-order valence-corrected chi connectivity index (χ2v) is 8.53. The van der Waals surface area contributed by atoms with Crippen LogP contribution in [0.2, 0.25) is 0 Å². The highest BCUT2D eigenvalue weighted by Gasteiger charge is 2.18. The summed E-state index contributed by atoms with van der Waals surface area (Å²) in [7, 11) is 1.60. The number of fused-ring (bicyclic) bond motifs is 3. The molecule has 0 bridgehead atoms. The summed E-state index contributed by atoms with van der Waals surface area (Å²) >= 11 is 1.46. The highest BCUT2D eigenvalue weighted by atomic mass is 32.2. The Bertz CT molecular complexity index is 1550. The van der Waals surface area contributed by atoms with Crippen molar-refractivity contribution in [3.05, 3.63) is 93.8 Å². The van der Waals surface area contributed by atoms with E-state index in [4.69, 9.17) is 4.74 Å². The second-order valence-electron chi connectivity index (χ2n) is 7.59. The van der Waals surface area contributed by atoms with Gasteiger partial charge in [0, 0.05) is 16.9 Å². The van der Waals surface area contributed by atoms with E-state index in [2.05, 4.69) is 10.2 Å².